The largest absolute Gasteiger partial charge is 0.399 e. The lowest BCUT2D eigenvalue weighted by atomic mass is 10.2. The molecule has 4 nitrogen and oxygen atoms in total. The number of ether oxygens (including phenoxy) is 2. The van der Waals surface area contributed by atoms with Crippen LogP contribution in [0.25, 0.3) is 0 Å². The van der Waals surface area contributed by atoms with Crippen LogP contribution in [0.15, 0.2) is 18.2 Å². The highest BCUT2D eigenvalue weighted by Crippen LogP contribution is 2.20. The Labute approximate surface area is 116 Å². The molecule has 0 aromatic heterocycles. The Morgan fingerprint density at radius 1 is 1.00 bits per heavy atom. The molecule has 2 N–H and O–H groups in total. The van der Waals surface area contributed by atoms with Gasteiger partial charge in [0.15, 0.2) is 0 Å². The number of nitrogens with zero attached hydrogens (tertiary/aromatic N) is 1. The Morgan fingerprint density at radius 3 is 2.05 bits per heavy atom. The topological polar surface area (TPSA) is 47.7 Å². The zero-order valence-electron chi connectivity index (χ0n) is 12.3. The molecule has 0 spiro atoms. The summed E-state index contributed by atoms with van der Waals surface area (Å²) in [5.41, 5.74) is 9.03. The fourth-order valence-electron chi connectivity index (χ4n) is 1.98. The quantitative estimate of drug-likeness (QED) is 0.551. The molecule has 1 aromatic rings. The molecule has 0 aliphatic carbocycles. The van der Waals surface area contributed by atoms with Crippen molar-refractivity contribution in [3.63, 3.8) is 0 Å². The molecule has 0 heterocycles. The van der Waals surface area contributed by atoms with Crippen LogP contribution in [0.5, 0.6) is 0 Å². The van der Waals surface area contributed by atoms with Crippen LogP contribution in [0.4, 0.5) is 11.4 Å². The molecule has 0 aliphatic rings. The summed E-state index contributed by atoms with van der Waals surface area (Å²) in [6, 6.07) is 6.13. The minimum Gasteiger partial charge on any atom is -0.399 e. The minimum absolute atomic E-state index is 0.719. The van der Waals surface area contributed by atoms with E-state index in [9.17, 15) is 0 Å². The van der Waals surface area contributed by atoms with E-state index in [0.29, 0.717) is 0 Å². The summed E-state index contributed by atoms with van der Waals surface area (Å²) >= 11 is 0. The van der Waals surface area contributed by atoms with E-state index in [1.807, 2.05) is 26.0 Å². The van der Waals surface area contributed by atoms with Gasteiger partial charge in [0.25, 0.3) is 0 Å². The van der Waals surface area contributed by atoms with Crippen LogP contribution < -0.4 is 10.6 Å². The van der Waals surface area contributed by atoms with Crippen LogP contribution in [0.1, 0.15) is 19.4 Å². The number of nitrogens with two attached hydrogens (primary N) is 1. The highest BCUT2D eigenvalue weighted by Gasteiger charge is 2.07. The average molecular weight is 266 g/mol. The lowest BCUT2D eigenvalue weighted by Crippen LogP contribution is -2.31. The number of nitrogen functional groups attached to an aromatic ring is 1. The molecular formula is C15H26N2O2. The van der Waals surface area contributed by atoms with Gasteiger partial charge in [-0.2, -0.15) is 0 Å². The molecule has 108 valence electrons. The average Bonchev–Trinajstić information content (AvgIpc) is 2.36. The van der Waals surface area contributed by atoms with Crippen molar-refractivity contribution in [2.24, 2.45) is 0 Å². The van der Waals surface area contributed by atoms with Crippen LogP contribution in [-0.2, 0) is 9.47 Å². The Morgan fingerprint density at radius 2 is 1.58 bits per heavy atom. The van der Waals surface area contributed by atoms with Gasteiger partial charge in [-0.1, -0.05) is 0 Å². The lowest BCUT2D eigenvalue weighted by Gasteiger charge is -2.25. The van der Waals surface area contributed by atoms with E-state index in [2.05, 4.69) is 17.9 Å². The SMILES string of the molecule is CCOCCN(CCOCC)c1cc(C)cc(N)c1. The first-order valence-electron chi connectivity index (χ1n) is 6.95. The minimum atomic E-state index is 0.719. The van der Waals surface area contributed by atoms with E-state index in [-0.39, 0.29) is 0 Å². The van der Waals surface area contributed by atoms with E-state index in [1.165, 1.54) is 5.56 Å². The smallest absolute Gasteiger partial charge is 0.0641 e. The third kappa shape index (κ3) is 5.94. The number of hydrogen-bond acceptors (Lipinski definition) is 4. The molecular weight excluding hydrogens is 240 g/mol. The summed E-state index contributed by atoms with van der Waals surface area (Å²) in [5, 5.41) is 0. The van der Waals surface area contributed by atoms with Gasteiger partial charge >= 0.3 is 0 Å². The van der Waals surface area contributed by atoms with Crippen molar-refractivity contribution in [2.75, 3.05) is 50.2 Å². The van der Waals surface area contributed by atoms with Crippen molar-refractivity contribution in [1.29, 1.82) is 0 Å². The predicted octanol–water partition coefficient (Wildman–Crippen LogP) is 2.46. The molecule has 4 heteroatoms. The van der Waals surface area contributed by atoms with E-state index in [4.69, 9.17) is 15.2 Å². The van der Waals surface area contributed by atoms with Crippen molar-refractivity contribution in [3.8, 4) is 0 Å². The van der Waals surface area contributed by atoms with Crippen LogP contribution in [0, 0.1) is 6.92 Å². The van der Waals surface area contributed by atoms with Gasteiger partial charge in [-0.3, -0.25) is 0 Å². The molecule has 0 aliphatic heterocycles. The Balaban J connectivity index is 2.69. The molecule has 0 amide bonds. The van der Waals surface area contributed by atoms with Gasteiger partial charge in [-0.05, 0) is 44.5 Å². The van der Waals surface area contributed by atoms with Crippen molar-refractivity contribution in [2.45, 2.75) is 20.8 Å². The maximum Gasteiger partial charge on any atom is 0.0641 e. The van der Waals surface area contributed by atoms with E-state index in [1.54, 1.807) is 0 Å². The second-order valence-electron chi connectivity index (χ2n) is 4.48. The summed E-state index contributed by atoms with van der Waals surface area (Å²) < 4.78 is 10.9. The van der Waals surface area contributed by atoms with E-state index < -0.39 is 0 Å². The molecule has 0 saturated heterocycles. The summed E-state index contributed by atoms with van der Waals surface area (Å²) in [6.07, 6.45) is 0. The van der Waals surface area contributed by atoms with Crippen molar-refractivity contribution < 1.29 is 9.47 Å². The highest BCUT2D eigenvalue weighted by atomic mass is 16.5. The van der Waals surface area contributed by atoms with Crippen LogP contribution >= 0.6 is 0 Å². The number of rotatable bonds is 9. The summed E-state index contributed by atoms with van der Waals surface area (Å²) in [4.78, 5) is 2.26. The fraction of sp³-hybridized carbons (Fsp3) is 0.600. The maximum atomic E-state index is 5.92. The van der Waals surface area contributed by atoms with Gasteiger partial charge in [0.05, 0.1) is 13.2 Å². The molecule has 1 rings (SSSR count). The highest BCUT2D eigenvalue weighted by molar-refractivity contribution is 5.58. The number of anilines is 2. The van der Waals surface area contributed by atoms with Crippen LogP contribution in [0.2, 0.25) is 0 Å². The molecule has 0 unspecified atom stereocenters. The van der Waals surface area contributed by atoms with Crippen LogP contribution in [-0.4, -0.2) is 39.5 Å². The Hall–Kier alpha value is -1.26. The second-order valence-corrected chi connectivity index (χ2v) is 4.48. The molecule has 0 fully saturated rings. The van der Waals surface area contributed by atoms with Gasteiger partial charge in [0, 0.05) is 37.7 Å². The first kappa shape index (κ1) is 15.8. The molecule has 0 saturated carbocycles. The molecule has 1 aromatic carbocycles. The number of aryl methyl sites for hydroxylation is 1. The third-order valence-electron chi connectivity index (χ3n) is 2.87. The van der Waals surface area contributed by atoms with Gasteiger partial charge < -0.3 is 20.1 Å². The van der Waals surface area contributed by atoms with Gasteiger partial charge in [0.1, 0.15) is 0 Å². The molecule has 19 heavy (non-hydrogen) atoms. The van der Waals surface area contributed by atoms with E-state index >= 15 is 0 Å². The standard InChI is InChI=1S/C15H26N2O2/c1-4-18-8-6-17(7-9-19-5-2)15-11-13(3)10-14(16)12-15/h10-12H,4-9,16H2,1-3H3. The van der Waals surface area contributed by atoms with Crippen molar-refractivity contribution in [3.05, 3.63) is 23.8 Å². The zero-order valence-corrected chi connectivity index (χ0v) is 12.3. The fourth-order valence-corrected chi connectivity index (χ4v) is 1.98. The van der Waals surface area contributed by atoms with Gasteiger partial charge in [-0.15, -0.1) is 0 Å². The molecule has 0 radical (unpaired) electrons. The van der Waals surface area contributed by atoms with E-state index in [0.717, 1.165) is 50.9 Å². The molecule has 0 bridgehead atoms. The monoisotopic (exact) mass is 266 g/mol. The first-order chi connectivity index (χ1) is 9.17. The predicted molar refractivity (Wildman–Crippen MR) is 80.8 cm³/mol. The van der Waals surface area contributed by atoms with Crippen molar-refractivity contribution in [1.82, 2.24) is 0 Å². The Bertz CT molecular complexity index is 339. The van der Waals surface area contributed by atoms with Gasteiger partial charge in [0.2, 0.25) is 0 Å². The normalized spacial score (nSPS) is 10.7. The second kappa shape index (κ2) is 8.77. The van der Waals surface area contributed by atoms with Crippen molar-refractivity contribution >= 4 is 11.4 Å². The lowest BCUT2D eigenvalue weighted by molar-refractivity contribution is 0.141. The summed E-state index contributed by atoms with van der Waals surface area (Å²) in [7, 11) is 0. The maximum absolute atomic E-state index is 5.92. The first-order valence-corrected chi connectivity index (χ1v) is 6.95. The summed E-state index contributed by atoms with van der Waals surface area (Å²) in [5.74, 6) is 0. The zero-order chi connectivity index (χ0) is 14.1. The summed E-state index contributed by atoms with van der Waals surface area (Å²) in [6.45, 7) is 10.7. The Kier molecular flexibility index (Phi) is 7.30. The molecule has 0 atom stereocenters. The van der Waals surface area contributed by atoms with Gasteiger partial charge in [-0.25, -0.2) is 0 Å². The van der Waals surface area contributed by atoms with Crippen LogP contribution in [0.3, 0.4) is 0 Å². The number of hydrogen-bond donors (Lipinski definition) is 1. The number of benzene rings is 1. The third-order valence-corrected chi connectivity index (χ3v) is 2.87.